The van der Waals surface area contributed by atoms with Crippen LogP contribution in [0, 0.1) is 5.92 Å². The SMILES string of the molecule is COc1ccc(-c2ccc3c(NC(=O)C4CC4)n[nH]c3c2)c(OC)c1. The fraction of sp³-hybridized carbons (Fsp3) is 0.263. The molecule has 1 amide bonds. The summed E-state index contributed by atoms with van der Waals surface area (Å²) in [4.78, 5) is 12.0. The Hall–Kier alpha value is -3.02. The highest BCUT2D eigenvalue weighted by atomic mass is 16.5. The highest BCUT2D eigenvalue weighted by Crippen LogP contribution is 2.36. The Morgan fingerprint density at radius 2 is 2.00 bits per heavy atom. The molecule has 4 rings (SSSR count). The number of fused-ring (bicyclic) bond motifs is 1. The van der Waals surface area contributed by atoms with Crippen molar-refractivity contribution in [3.63, 3.8) is 0 Å². The van der Waals surface area contributed by atoms with E-state index in [9.17, 15) is 4.79 Å². The Kier molecular flexibility index (Phi) is 3.80. The Labute approximate surface area is 145 Å². The van der Waals surface area contributed by atoms with Crippen molar-refractivity contribution >= 4 is 22.6 Å². The zero-order valence-corrected chi connectivity index (χ0v) is 14.1. The van der Waals surface area contributed by atoms with Gasteiger partial charge >= 0.3 is 0 Å². The number of amides is 1. The van der Waals surface area contributed by atoms with E-state index in [4.69, 9.17) is 9.47 Å². The largest absolute Gasteiger partial charge is 0.497 e. The van der Waals surface area contributed by atoms with Crippen molar-refractivity contribution in [2.75, 3.05) is 19.5 Å². The molecule has 25 heavy (non-hydrogen) atoms. The second kappa shape index (κ2) is 6.12. The molecule has 1 aromatic heterocycles. The lowest BCUT2D eigenvalue weighted by atomic mass is 10.0. The van der Waals surface area contributed by atoms with E-state index in [1.54, 1.807) is 14.2 Å². The highest BCUT2D eigenvalue weighted by Gasteiger charge is 2.30. The van der Waals surface area contributed by atoms with Crippen LogP contribution in [0.25, 0.3) is 22.0 Å². The molecule has 1 fully saturated rings. The van der Waals surface area contributed by atoms with E-state index in [1.807, 2.05) is 36.4 Å². The van der Waals surface area contributed by atoms with Gasteiger partial charge in [0.25, 0.3) is 0 Å². The van der Waals surface area contributed by atoms with E-state index in [0.29, 0.717) is 5.82 Å². The number of nitrogens with zero attached hydrogens (tertiary/aromatic N) is 1. The molecule has 0 unspecified atom stereocenters. The Bertz CT molecular complexity index is 944. The number of carbonyl (C=O) groups excluding carboxylic acids is 1. The predicted molar refractivity (Wildman–Crippen MR) is 96.0 cm³/mol. The number of aromatic amines is 1. The molecule has 6 nitrogen and oxygen atoms in total. The molecule has 0 radical (unpaired) electrons. The summed E-state index contributed by atoms with van der Waals surface area (Å²) in [6, 6.07) is 11.7. The van der Waals surface area contributed by atoms with Crippen LogP contribution in [0.5, 0.6) is 11.5 Å². The van der Waals surface area contributed by atoms with Crippen LogP contribution in [-0.4, -0.2) is 30.3 Å². The molecule has 0 saturated heterocycles. The third-order valence-corrected chi connectivity index (χ3v) is 4.47. The molecule has 0 spiro atoms. The zero-order valence-electron chi connectivity index (χ0n) is 14.1. The number of nitrogens with one attached hydrogen (secondary N) is 2. The Morgan fingerprint density at radius 1 is 1.16 bits per heavy atom. The van der Waals surface area contributed by atoms with Crippen molar-refractivity contribution < 1.29 is 14.3 Å². The molecule has 0 bridgehead atoms. The van der Waals surface area contributed by atoms with Crippen molar-refractivity contribution in [2.45, 2.75) is 12.8 Å². The van der Waals surface area contributed by atoms with Crippen LogP contribution in [0.15, 0.2) is 36.4 Å². The average molecular weight is 337 g/mol. The minimum Gasteiger partial charge on any atom is -0.497 e. The number of anilines is 1. The minimum absolute atomic E-state index is 0.0503. The van der Waals surface area contributed by atoms with Crippen molar-refractivity contribution in [1.82, 2.24) is 10.2 Å². The van der Waals surface area contributed by atoms with Crippen molar-refractivity contribution in [3.8, 4) is 22.6 Å². The van der Waals surface area contributed by atoms with Crippen LogP contribution < -0.4 is 14.8 Å². The second-order valence-electron chi connectivity index (χ2n) is 6.16. The minimum atomic E-state index is 0.0503. The molecule has 3 aromatic rings. The lowest BCUT2D eigenvalue weighted by Gasteiger charge is -2.10. The smallest absolute Gasteiger partial charge is 0.228 e. The number of hydrogen-bond acceptors (Lipinski definition) is 4. The number of aromatic nitrogens is 2. The van der Waals surface area contributed by atoms with E-state index < -0.39 is 0 Å². The molecule has 1 aliphatic carbocycles. The third-order valence-electron chi connectivity index (χ3n) is 4.47. The Balaban J connectivity index is 1.69. The molecule has 1 aliphatic rings. The summed E-state index contributed by atoms with van der Waals surface area (Å²) in [6.07, 6.45) is 1.94. The fourth-order valence-electron chi connectivity index (χ4n) is 2.88. The summed E-state index contributed by atoms with van der Waals surface area (Å²) >= 11 is 0. The van der Waals surface area contributed by atoms with E-state index >= 15 is 0 Å². The van der Waals surface area contributed by atoms with Gasteiger partial charge in [-0.3, -0.25) is 9.89 Å². The van der Waals surface area contributed by atoms with Gasteiger partial charge < -0.3 is 14.8 Å². The molecule has 0 aliphatic heterocycles. The van der Waals surface area contributed by atoms with E-state index in [2.05, 4.69) is 15.5 Å². The number of ether oxygens (including phenoxy) is 2. The second-order valence-corrected chi connectivity index (χ2v) is 6.16. The first-order valence-electron chi connectivity index (χ1n) is 8.21. The maximum Gasteiger partial charge on any atom is 0.228 e. The van der Waals surface area contributed by atoms with Gasteiger partial charge in [0.1, 0.15) is 11.5 Å². The number of H-pyrrole nitrogens is 1. The topological polar surface area (TPSA) is 76.2 Å². The van der Waals surface area contributed by atoms with Gasteiger partial charge in [0.15, 0.2) is 5.82 Å². The summed E-state index contributed by atoms with van der Waals surface area (Å²) in [6.45, 7) is 0. The molecular weight excluding hydrogens is 318 g/mol. The van der Waals surface area contributed by atoms with Crippen LogP contribution in [0.4, 0.5) is 5.82 Å². The van der Waals surface area contributed by atoms with Crippen LogP contribution in [0.3, 0.4) is 0 Å². The van der Waals surface area contributed by atoms with Crippen LogP contribution in [0.1, 0.15) is 12.8 Å². The standard InChI is InChI=1S/C19H19N3O3/c1-24-13-6-8-14(17(10-13)25-2)12-5-7-15-16(9-12)21-22-18(15)20-19(23)11-3-4-11/h5-11H,3-4H2,1-2H3,(H2,20,21,22,23). The summed E-state index contributed by atoms with van der Waals surface area (Å²) in [5.74, 6) is 2.26. The van der Waals surface area contributed by atoms with Gasteiger partial charge in [0, 0.05) is 22.9 Å². The lowest BCUT2D eigenvalue weighted by Crippen LogP contribution is -2.13. The van der Waals surface area contributed by atoms with Crippen LogP contribution in [0.2, 0.25) is 0 Å². The molecule has 0 atom stereocenters. The zero-order chi connectivity index (χ0) is 17.4. The molecule has 1 heterocycles. The van der Waals surface area contributed by atoms with E-state index in [1.165, 1.54) is 0 Å². The first-order chi connectivity index (χ1) is 12.2. The van der Waals surface area contributed by atoms with Crippen molar-refractivity contribution in [2.24, 2.45) is 5.92 Å². The first kappa shape index (κ1) is 15.5. The van der Waals surface area contributed by atoms with Gasteiger partial charge in [-0.05, 0) is 42.7 Å². The fourth-order valence-corrected chi connectivity index (χ4v) is 2.88. The summed E-state index contributed by atoms with van der Waals surface area (Å²) in [5, 5.41) is 11.0. The van der Waals surface area contributed by atoms with Gasteiger partial charge in [-0.1, -0.05) is 6.07 Å². The first-order valence-corrected chi connectivity index (χ1v) is 8.21. The summed E-state index contributed by atoms with van der Waals surface area (Å²) in [7, 11) is 3.26. The summed E-state index contributed by atoms with van der Waals surface area (Å²) in [5.41, 5.74) is 2.82. The number of rotatable bonds is 5. The number of hydrogen-bond donors (Lipinski definition) is 2. The quantitative estimate of drug-likeness (QED) is 0.746. The normalized spacial score (nSPS) is 13.7. The summed E-state index contributed by atoms with van der Waals surface area (Å²) < 4.78 is 10.7. The average Bonchev–Trinajstić information content (AvgIpc) is 3.43. The van der Waals surface area contributed by atoms with Gasteiger partial charge in [0.2, 0.25) is 5.91 Å². The maximum absolute atomic E-state index is 12.0. The van der Waals surface area contributed by atoms with Crippen molar-refractivity contribution in [1.29, 1.82) is 0 Å². The number of methoxy groups -OCH3 is 2. The van der Waals surface area contributed by atoms with Crippen LogP contribution >= 0.6 is 0 Å². The van der Waals surface area contributed by atoms with Gasteiger partial charge in [0.05, 0.1) is 19.7 Å². The highest BCUT2D eigenvalue weighted by molar-refractivity contribution is 6.02. The molecular formula is C19H19N3O3. The molecule has 128 valence electrons. The molecule has 2 aromatic carbocycles. The number of benzene rings is 2. The molecule has 6 heteroatoms. The monoisotopic (exact) mass is 337 g/mol. The Morgan fingerprint density at radius 3 is 2.72 bits per heavy atom. The van der Waals surface area contributed by atoms with Gasteiger partial charge in [-0.15, -0.1) is 0 Å². The van der Waals surface area contributed by atoms with E-state index in [0.717, 1.165) is 46.4 Å². The predicted octanol–water partition coefficient (Wildman–Crippen LogP) is 3.60. The van der Waals surface area contributed by atoms with Crippen molar-refractivity contribution in [3.05, 3.63) is 36.4 Å². The van der Waals surface area contributed by atoms with Gasteiger partial charge in [-0.25, -0.2) is 0 Å². The van der Waals surface area contributed by atoms with Crippen LogP contribution in [-0.2, 0) is 4.79 Å². The molecule has 1 saturated carbocycles. The number of carbonyl (C=O) groups is 1. The van der Waals surface area contributed by atoms with E-state index in [-0.39, 0.29) is 11.8 Å². The maximum atomic E-state index is 12.0. The third kappa shape index (κ3) is 2.91. The van der Waals surface area contributed by atoms with Gasteiger partial charge in [-0.2, -0.15) is 5.10 Å². The lowest BCUT2D eigenvalue weighted by molar-refractivity contribution is -0.117. The molecule has 2 N–H and O–H groups in total.